The van der Waals surface area contributed by atoms with Crippen LogP contribution in [-0.4, -0.2) is 41.0 Å². The molecule has 6 heteroatoms. The highest BCUT2D eigenvalue weighted by Gasteiger charge is 2.48. The van der Waals surface area contributed by atoms with E-state index >= 15 is 0 Å². The molecule has 1 N–H and O–H groups in total. The smallest absolute Gasteiger partial charge is 0.295 e. The molecule has 1 aliphatic heterocycles. The molecule has 2 aromatic carbocycles. The zero-order valence-electron chi connectivity index (χ0n) is 20.0. The molecule has 180 valence electrons. The van der Waals surface area contributed by atoms with Gasteiger partial charge in [0.05, 0.1) is 24.8 Å². The van der Waals surface area contributed by atoms with E-state index in [0.29, 0.717) is 24.5 Å². The number of aliphatic hydroxyl groups excluding tert-OH is 1. The average Bonchev–Trinajstić information content (AvgIpc) is 3.14. The van der Waals surface area contributed by atoms with Crippen LogP contribution in [0.2, 0.25) is 0 Å². The molecule has 1 saturated carbocycles. The van der Waals surface area contributed by atoms with Gasteiger partial charge in [-0.25, -0.2) is 0 Å². The summed E-state index contributed by atoms with van der Waals surface area (Å²) in [6.07, 6.45) is 5.83. The standard InChI is InChI=1S/C28H33NO5/c1-3-18-34-23-16-12-20(13-17-23)26(30)24-25(19-10-14-22(15-11-19)33-4-2)29(28(32)27(24)31)21-8-6-5-7-9-21/h10-17,21,25,30H,3-9,18H2,1-2H3/b26-24-. The molecule has 0 bridgehead atoms. The van der Waals surface area contributed by atoms with Crippen molar-refractivity contribution in [2.45, 2.75) is 64.5 Å². The summed E-state index contributed by atoms with van der Waals surface area (Å²) in [7, 11) is 0. The molecule has 1 heterocycles. The Kier molecular flexibility index (Phi) is 7.56. The Balaban J connectivity index is 1.76. The molecule has 0 spiro atoms. The van der Waals surface area contributed by atoms with Gasteiger partial charge in [0, 0.05) is 11.6 Å². The molecule has 6 nitrogen and oxygen atoms in total. The molecule has 1 atom stereocenters. The number of hydrogen-bond donors (Lipinski definition) is 1. The van der Waals surface area contributed by atoms with E-state index in [0.717, 1.165) is 49.8 Å². The van der Waals surface area contributed by atoms with Gasteiger partial charge < -0.3 is 19.5 Å². The summed E-state index contributed by atoms with van der Waals surface area (Å²) in [5.41, 5.74) is 1.42. The number of likely N-dealkylation sites (tertiary alicyclic amines) is 1. The fourth-order valence-corrected chi connectivity index (χ4v) is 4.91. The van der Waals surface area contributed by atoms with Gasteiger partial charge in [0.2, 0.25) is 0 Å². The van der Waals surface area contributed by atoms with Crippen LogP contribution in [0.1, 0.15) is 69.5 Å². The first-order valence-electron chi connectivity index (χ1n) is 12.3. The second kappa shape index (κ2) is 10.8. The van der Waals surface area contributed by atoms with Crippen molar-refractivity contribution in [3.63, 3.8) is 0 Å². The van der Waals surface area contributed by atoms with E-state index in [9.17, 15) is 14.7 Å². The lowest BCUT2D eigenvalue weighted by atomic mass is 9.91. The number of benzene rings is 2. The minimum Gasteiger partial charge on any atom is -0.507 e. The predicted octanol–water partition coefficient (Wildman–Crippen LogP) is 5.63. The first kappa shape index (κ1) is 23.9. The maximum Gasteiger partial charge on any atom is 0.295 e. The van der Waals surface area contributed by atoms with Crippen LogP contribution < -0.4 is 9.47 Å². The number of carbonyl (C=O) groups is 2. The van der Waals surface area contributed by atoms with Crippen LogP contribution in [0.3, 0.4) is 0 Å². The number of ether oxygens (including phenoxy) is 2. The van der Waals surface area contributed by atoms with Crippen LogP contribution in [-0.2, 0) is 9.59 Å². The highest BCUT2D eigenvalue weighted by molar-refractivity contribution is 6.46. The van der Waals surface area contributed by atoms with Gasteiger partial charge in [-0.15, -0.1) is 0 Å². The second-order valence-corrected chi connectivity index (χ2v) is 8.87. The number of aliphatic hydroxyl groups is 1. The topological polar surface area (TPSA) is 76.1 Å². The number of nitrogens with zero attached hydrogens (tertiary/aromatic N) is 1. The van der Waals surface area contributed by atoms with Crippen molar-refractivity contribution < 1.29 is 24.2 Å². The Morgan fingerprint density at radius 3 is 2.15 bits per heavy atom. The van der Waals surface area contributed by atoms with Gasteiger partial charge in [-0.2, -0.15) is 0 Å². The number of hydrogen-bond acceptors (Lipinski definition) is 5. The van der Waals surface area contributed by atoms with E-state index in [4.69, 9.17) is 9.47 Å². The summed E-state index contributed by atoms with van der Waals surface area (Å²) < 4.78 is 11.2. The molecule has 1 amide bonds. The lowest BCUT2D eigenvalue weighted by molar-refractivity contribution is -0.141. The second-order valence-electron chi connectivity index (χ2n) is 8.87. The first-order valence-corrected chi connectivity index (χ1v) is 12.3. The van der Waals surface area contributed by atoms with Gasteiger partial charge in [0.25, 0.3) is 11.7 Å². The fraction of sp³-hybridized carbons (Fsp3) is 0.429. The molecule has 4 rings (SSSR count). The van der Waals surface area contributed by atoms with E-state index < -0.39 is 17.7 Å². The van der Waals surface area contributed by atoms with E-state index in [2.05, 4.69) is 0 Å². The third-order valence-electron chi connectivity index (χ3n) is 6.56. The maximum absolute atomic E-state index is 13.3. The van der Waals surface area contributed by atoms with Gasteiger partial charge in [0.1, 0.15) is 17.3 Å². The van der Waals surface area contributed by atoms with Crippen molar-refractivity contribution in [3.05, 3.63) is 65.2 Å². The molecular weight excluding hydrogens is 430 g/mol. The lowest BCUT2D eigenvalue weighted by Gasteiger charge is -2.35. The Morgan fingerprint density at radius 2 is 1.53 bits per heavy atom. The Labute approximate surface area is 201 Å². The first-order chi connectivity index (χ1) is 16.5. The van der Waals surface area contributed by atoms with Crippen molar-refractivity contribution in [2.75, 3.05) is 13.2 Å². The zero-order valence-corrected chi connectivity index (χ0v) is 20.0. The lowest BCUT2D eigenvalue weighted by Crippen LogP contribution is -2.40. The van der Waals surface area contributed by atoms with Crippen LogP contribution >= 0.6 is 0 Å². The molecule has 1 unspecified atom stereocenters. The number of rotatable bonds is 8. The molecule has 0 aromatic heterocycles. The number of Topliss-reactive ketones (excluding diaryl/α,β-unsaturated/α-hetero) is 1. The summed E-state index contributed by atoms with van der Waals surface area (Å²) >= 11 is 0. The Bertz CT molecular complexity index is 1040. The minimum atomic E-state index is -0.631. The molecule has 1 aliphatic carbocycles. The highest BCUT2D eigenvalue weighted by Crippen LogP contribution is 2.43. The van der Waals surface area contributed by atoms with Crippen LogP contribution in [0.25, 0.3) is 5.76 Å². The number of ketones is 1. The molecule has 1 saturated heterocycles. The van der Waals surface area contributed by atoms with Gasteiger partial charge in [-0.05, 0) is 68.1 Å². The summed E-state index contributed by atoms with van der Waals surface area (Å²) in [5.74, 6) is 0.105. The maximum atomic E-state index is 13.3. The van der Waals surface area contributed by atoms with Crippen LogP contribution in [0.15, 0.2) is 54.1 Å². The molecule has 2 aromatic rings. The van der Waals surface area contributed by atoms with Gasteiger partial charge >= 0.3 is 0 Å². The normalized spacial score (nSPS) is 20.5. The van der Waals surface area contributed by atoms with Crippen LogP contribution in [0, 0.1) is 0 Å². The SMILES string of the molecule is CCCOc1ccc(/C(O)=C2/C(=O)C(=O)N(C3CCCCC3)C2c2ccc(OCC)cc2)cc1. The quantitative estimate of drug-likeness (QED) is 0.312. The van der Waals surface area contributed by atoms with Crippen molar-refractivity contribution in [2.24, 2.45) is 0 Å². The predicted molar refractivity (Wildman–Crippen MR) is 131 cm³/mol. The molecular formula is C28H33NO5. The summed E-state index contributed by atoms with van der Waals surface area (Å²) in [6, 6.07) is 13.8. The number of carbonyl (C=O) groups excluding carboxylic acids is 2. The average molecular weight is 464 g/mol. The van der Waals surface area contributed by atoms with Crippen molar-refractivity contribution in [3.8, 4) is 11.5 Å². The summed E-state index contributed by atoms with van der Waals surface area (Å²) in [4.78, 5) is 28.2. The summed E-state index contributed by atoms with van der Waals surface area (Å²) in [5, 5.41) is 11.3. The minimum absolute atomic E-state index is 0.0168. The monoisotopic (exact) mass is 463 g/mol. The molecule has 0 radical (unpaired) electrons. The Morgan fingerprint density at radius 1 is 0.912 bits per heavy atom. The van der Waals surface area contributed by atoms with Crippen molar-refractivity contribution in [1.82, 2.24) is 4.90 Å². The fourth-order valence-electron chi connectivity index (χ4n) is 4.91. The van der Waals surface area contributed by atoms with Gasteiger partial charge in [0.15, 0.2) is 0 Å². The highest BCUT2D eigenvalue weighted by atomic mass is 16.5. The van der Waals surface area contributed by atoms with E-state index in [1.165, 1.54) is 0 Å². The zero-order chi connectivity index (χ0) is 24.1. The van der Waals surface area contributed by atoms with Gasteiger partial charge in [-0.3, -0.25) is 9.59 Å². The Hall–Kier alpha value is -3.28. The third-order valence-corrected chi connectivity index (χ3v) is 6.56. The van der Waals surface area contributed by atoms with Crippen LogP contribution in [0.5, 0.6) is 11.5 Å². The molecule has 34 heavy (non-hydrogen) atoms. The molecule has 2 aliphatic rings. The molecule has 2 fully saturated rings. The van der Waals surface area contributed by atoms with Gasteiger partial charge in [-0.1, -0.05) is 38.3 Å². The van der Waals surface area contributed by atoms with Crippen LogP contribution in [0.4, 0.5) is 0 Å². The van der Waals surface area contributed by atoms with Crippen molar-refractivity contribution >= 4 is 17.4 Å². The summed E-state index contributed by atoms with van der Waals surface area (Å²) in [6.45, 7) is 5.12. The number of amides is 1. The largest absolute Gasteiger partial charge is 0.507 e. The van der Waals surface area contributed by atoms with E-state index in [1.807, 2.05) is 38.1 Å². The van der Waals surface area contributed by atoms with E-state index in [-0.39, 0.29) is 17.4 Å². The van der Waals surface area contributed by atoms with Crippen molar-refractivity contribution in [1.29, 1.82) is 0 Å². The van der Waals surface area contributed by atoms with E-state index in [1.54, 1.807) is 29.2 Å². The third kappa shape index (κ3) is 4.81.